The SMILES string of the molecule is OC1CN(c2ccc(Nc3nc(-c4ccc5c(c4)NCCO5)cn4ccnc34)cn2)C1. The molecule has 1 aromatic carbocycles. The van der Waals surface area contributed by atoms with Crippen LogP contribution in [0.3, 0.4) is 0 Å². The molecule has 1 saturated heterocycles. The van der Waals surface area contributed by atoms with Gasteiger partial charge in [0.1, 0.15) is 18.2 Å². The van der Waals surface area contributed by atoms with E-state index in [2.05, 4.69) is 26.7 Å². The van der Waals surface area contributed by atoms with Crippen LogP contribution in [0.25, 0.3) is 16.9 Å². The first-order valence-corrected chi connectivity index (χ1v) is 10.2. The van der Waals surface area contributed by atoms with Crippen molar-refractivity contribution in [3.05, 3.63) is 55.1 Å². The lowest BCUT2D eigenvalue weighted by Gasteiger charge is -2.36. The number of anilines is 4. The summed E-state index contributed by atoms with van der Waals surface area (Å²) in [6.45, 7) is 2.71. The van der Waals surface area contributed by atoms with E-state index in [9.17, 15) is 5.11 Å². The van der Waals surface area contributed by atoms with Crippen molar-refractivity contribution in [2.24, 2.45) is 0 Å². The zero-order chi connectivity index (χ0) is 20.8. The Hall–Kier alpha value is -3.85. The fourth-order valence-corrected chi connectivity index (χ4v) is 3.88. The molecule has 5 heterocycles. The van der Waals surface area contributed by atoms with E-state index in [0.717, 1.165) is 46.4 Å². The van der Waals surface area contributed by atoms with Crippen molar-refractivity contribution in [3.63, 3.8) is 0 Å². The summed E-state index contributed by atoms with van der Waals surface area (Å²) in [5, 5.41) is 16.2. The monoisotopic (exact) mass is 415 g/mol. The molecule has 0 radical (unpaired) electrons. The number of pyridine rings is 1. The van der Waals surface area contributed by atoms with Gasteiger partial charge in [0.15, 0.2) is 11.5 Å². The van der Waals surface area contributed by atoms with Crippen LogP contribution >= 0.6 is 0 Å². The number of β-amino-alcohol motifs (C(OH)–C–C–N with tert-alkyl or cyclic N) is 1. The molecule has 0 spiro atoms. The van der Waals surface area contributed by atoms with Crippen LogP contribution < -0.4 is 20.3 Å². The number of rotatable bonds is 4. The maximum Gasteiger partial charge on any atom is 0.180 e. The van der Waals surface area contributed by atoms with Gasteiger partial charge in [0.05, 0.1) is 29.4 Å². The van der Waals surface area contributed by atoms with Gasteiger partial charge in [0.25, 0.3) is 0 Å². The largest absolute Gasteiger partial charge is 0.490 e. The average molecular weight is 415 g/mol. The fraction of sp³-hybridized carbons (Fsp3) is 0.227. The third kappa shape index (κ3) is 3.28. The highest BCUT2D eigenvalue weighted by molar-refractivity contribution is 5.76. The van der Waals surface area contributed by atoms with Crippen molar-refractivity contribution in [2.45, 2.75) is 6.10 Å². The number of hydrogen-bond acceptors (Lipinski definition) is 8. The first-order chi connectivity index (χ1) is 15.2. The molecule has 9 nitrogen and oxygen atoms in total. The minimum Gasteiger partial charge on any atom is -0.490 e. The first kappa shape index (κ1) is 18.0. The van der Waals surface area contributed by atoms with Gasteiger partial charge in [0, 0.05) is 43.8 Å². The van der Waals surface area contributed by atoms with E-state index >= 15 is 0 Å². The second-order valence-electron chi connectivity index (χ2n) is 7.71. The van der Waals surface area contributed by atoms with Crippen molar-refractivity contribution < 1.29 is 9.84 Å². The Morgan fingerprint density at radius 3 is 2.94 bits per heavy atom. The van der Waals surface area contributed by atoms with E-state index in [1.807, 2.05) is 46.0 Å². The third-order valence-electron chi connectivity index (χ3n) is 5.52. The molecule has 0 saturated carbocycles. The molecular weight excluding hydrogens is 394 g/mol. The molecular formula is C22H21N7O2. The van der Waals surface area contributed by atoms with E-state index in [1.165, 1.54) is 0 Å². The molecule has 1 fully saturated rings. The smallest absolute Gasteiger partial charge is 0.180 e. The number of aromatic nitrogens is 4. The molecule has 0 bridgehead atoms. The Morgan fingerprint density at radius 1 is 1.16 bits per heavy atom. The number of benzene rings is 1. The normalized spacial score (nSPS) is 15.7. The molecule has 6 rings (SSSR count). The van der Waals surface area contributed by atoms with E-state index in [4.69, 9.17) is 9.72 Å². The molecule has 2 aliphatic rings. The molecule has 2 aliphatic heterocycles. The standard InChI is InChI=1S/C22H21N7O2/c30-16-11-29(12-16)20-4-2-15(10-25-20)26-21-22-24-5-7-28(22)13-18(27-21)14-1-3-19-17(9-14)23-6-8-31-19/h1-5,7,9-10,13,16,23,30H,6,8,11-12H2,(H,26,27). The second kappa shape index (κ2) is 7.13. The lowest BCUT2D eigenvalue weighted by Crippen LogP contribution is -2.51. The van der Waals surface area contributed by atoms with Crippen molar-refractivity contribution in [1.82, 2.24) is 19.4 Å². The van der Waals surface area contributed by atoms with Crippen LogP contribution in [0.4, 0.5) is 23.0 Å². The van der Waals surface area contributed by atoms with Crippen LogP contribution in [0, 0.1) is 0 Å². The molecule has 31 heavy (non-hydrogen) atoms. The minimum atomic E-state index is -0.259. The van der Waals surface area contributed by atoms with Gasteiger partial charge in [0.2, 0.25) is 0 Å². The second-order valence-corrected chi connectivity index (χ2v) is 7.71. The van der Waals surface area contributed by atoms with Crippen molar-refractivity contribution in [1.29, 1.82) is 0 Å². The molecule has 3 aromatic heterocycles. The maximum atomic E-state index is 9.48. The summed E-state index contributed by atoms with van der Waals surface area (Å²) in [4.78, 5) is 15.8. The van der Waals surface area contributed by atoms with Gasteiger partial charge >= 0.3 is 0 Å². The van der Waals surface area contributed by atoms with Gasteiger partial charge < -0.3 is 29.8 Å². The van der Waals surface area contributed by atoms with Crippen LogP contribution in [0.1, 0.15) is 0 Å². The lowest BCUT2D eigenvalue weighted by atomic mass is 10.1. The predicted molar refractivity (Wildman–Crippen MR) is 118 cm³/mol. The summed E-state index contributed by atoms with van der Waals surface area (Å²) in [6.07, 6.45) is 7.14. The summed E-state index contributed by atoms with van der Waals surface area (Å²) in [6, 6.07) is 9.94. The highest BCUT2D eigenvalue weighted by Gasteiger charge is 2.25. The molecule has 0 atom stereocenters. The predicted octanol–water partition coefficient (Wildman–Crippen LogP) is 2.52. The summed E-state index contributed by atoms with van der Waals surface area (Å²) >= 11 is 0. The molecule has 0 amide bonds. The van der Waals surface area contributed by atoms with E-state index in [0.29, 0.717) is 25.5 Å². The summed E-state index contributed by atoms with van der Waals surface area (Å²) in [5.41, 5.74) is 4.34. The number of fused-ring (bicyclic) bond motifs is 2. The Kier molecular flexibility index (Phi) is 4.13. The van der Waals surface area contributed by atoms with Crippen LogP contribution in [0.5, 0.6) is 5.75 Å². The Labute approximate surface area is 178 Å². The highest BCUT2D eigenvalue weighted by atomic mass is 16.5. The summed E-state index contributed by atoms with van der Waals surface area (Å²) in [7, 11) is 0. The Balaban J connectivity index is 1.32. The molecule has 4 aromatic rings. The summed E-state index contributed by atoms with van der Waals surface area (Å²) < 4.78 is 7.64. The minimum absolute atomic E-state index is 0.259. The van der Waals surface area contributed by atoms with Crippen molar-refractivity contribution in [3.8, 4) is 17.0 Å². The Bertz CT molecular complexity index is 1250. The van der Waals surface area contributed by atoms with Gasteiger partial charge in [-0.1, -0.05) is 0 Å². The van der Waals surface area contributed by atoms with Crippen LogP contribution in [0.2, 0.25) is 0 Å². The topological polar surface area (TPSA) is 99.8 Å². The fourth-order valence-electron chi connectivity index (χ4n) is 3.88. The van der Waals surface area contributed by atoms with Gasteiger partial charge in [-0.2, -0.15) is 0 Å². The van der Waals surface area contributed by atoms with Gasteiger partial charge in [-0.3, -0.25) is 0 Å². The number of aliphatic hydroxyl groups is 1. The number of aliphatic hydroxyl groups excluding tert-OH is 1. The molecule has 0 aliphatic carbocycles. The molecule has 0 unspecified atom stereocenters. The summed E-state index contributed by atoms with van der Waals surface area (Å²) in [5.74, 6) is 2.36. The van der Waals surface area contributed by atoms with Gasteiger partial charge in [-0.25, -0.2) is 15.0 Å². The number of ether oxygens (including phenoxy) is 1. The Morgan fingerprint density at radius 2 is 2.10 bits per heavy atom. The zero-order valence-electron chi connectivity index (χ0n) is 16.7. The van der Waals surface area contributed by atoms with Crippen LogP contribution in [0.15, 0.2) is 55.1 Å². The molecule has 9 heteroatoms. The van der Waals surface area contributed by atoms with E-state index < -0.39 is 0 Å². The third-order valence-corrected chi connectivity index (χ3v) is 5.52. The van der Waals surface area contributed by atoms with Crippen LogP contribution in [-0.2, 0) is 0 Å². The number of hydrogen-bond donors (Lipinski definition) is 3. The van der Waals surface area contributed by atoms with E-state index in [1.54, 1.807) is 12.4 Å². The maximum absolute atomic E-state index is 9.48. The van der Waals surface area contributed by atoms with Gasteiger partial charge in [-0.15, -0.1) is 0 Å². The van der Waals surface area contributed by atoms with Crippen molar-refractivity contribution >= 4 is 28.7 Å². The zero-order valence-corrected chi connectivity index (χ0v) is 16.7. The average Bonchev–Trinajstić information content (AvgIpc) is 3.26. The van der Waals surface area contributed by atoms with E-state index in [-0.39, 0.29) is 6.10 Å². The molecule has 3 N–H and O–H groups in total. The number of nitrogens with one attached hydrogen (secondary N) is 2. The number of nitrogens with zero attached hydrogens (tertiary/aromatic N) is 5. The lowest BCUT2D eigenvalue weighted by molar-refractivity contribution is 0.141. The number of imidazole rings is 1. The van der Waals surface area contributed by atoms with Crippen molar-refractivity contribution in [2.75, 3.05) is 41.8 Å². The quantitative estimate of drug-likeness (QED) is 0.468. The first-order valence-electron chi connectivity index (χ1n) is 10.2. The van der Waals surface area contributed by atoms with Crippen LogP contribution in [-0.4, -0.2) is 56.8 Å². The van der Waals surface area contributed by atoms with Gasteiger partial charge in [-0.05, 0) is 30.3 Å². The highest BCUT2D eigenvalue weighted by Crippen LogP contribution is 2.33. The molecule has 156 valence electrons.